The number of methoxy groups -OCH3 is 2. The zero-order chi connectivity index (χ0) is 23.7. The molecule has 2 aromatic heterocycles. The van der Waals surface area contributed by atoms with Gasteiger partial charge >= 0.3 is 0 Å². The van der Waals surface area contributed by atoms with Gasteiger partial charge in [0.2, 0.25) is 5.91 Å². The summed E-state index contributed by atoms with van der Waals surface area (Å²) in [6.45, 7) is 5.20. The number of nitrogens with one attached hydrogen (secondary N) is 2. The molecule has 8 heteroatoms. The summed E-state index contributed by atoms with van der Waals surface area (Å²) in [7, 11) is 3.24. The summed E-state index contributed by atoms with van der Waals surface area (Å²) in [5, 5.41) is 12.0. The number of hydrogen-bond donors (Lipinski definition) is 2. The smallest absolute Gasteiger partial charge is 0.245 e. The molecule has 3 aromatic rings. The molecule has 0 radical (unpaired) electrons. The highest BCUT2D eigenvalue weighted by atomic mass is 16.5. The normalized spacial score (nSPS) is 18.2. The Morgan fingerprint density at radius 2 is 2.03 bits per heavy atom. The van der Waals surface area contributed by atoms with E-state index in [1.54, 1.807) is 20.4 Å². The lowest BCUT2D eigenvalue weighted by molar-refractivity contribution is -0.137. The van der Waals surface area contributed by atoms with E-state index in [-0.39, 0.29) is 17.4 Å². The van der Waals surface area contributed by atoms with E-state index in [0.29, 0.717) is 17.1 Å². The number of aromatic amines is 1. The maximum Gasteiger partial charge on any atom is 0.245 e. The molecule has 3 heterocycles. The van der Waals surface area contributed by atoms with Gasteiger partial charge in [-0.2, -0.15) is 5.10 Å². The Morgan fingerprint density at radius 1 is 1.26 bits per heavy atom. The summed E-state index contributed by atoms with van der Waals surface area (Å²) < 4.78 is 10.7. The number of carbonyl (C=O) groups excluding carboxylic acids is 1. The molecule has 1 aliphatic carbocycles. The minimum absolute atomic E-state index is 0.0169. The van der Waals surface area contributed by atoms with Crippen molar-refractivity contribution in [2.24, 2.45) is 5.41 Å². The molecule has 34 heavy (non-hydrogen) atoms. The van der Waals surface area contributed by atoms with E-state index in [1.165, 1.54) is 6.08 Å². The monoisotopic (exact) mass is 457 g/mol. The molecule has 174 valence electrons. The molecule has 5 rings (SSSR count). The molecule has 2 fully saturated rings. The summed E-state index contributed by atoms with van der Waals surface area (Å²) in [4.78, 5) is 18.1. The molecule has 1 aromatic carbocycles. The van der Waals surface area contributed by atoms with Crippen LogP contribution in [-0.2, 0) is 4.79 Å². The first kappa shape index (κ1) is 21.8. The Kier molecular flexibility index (Phi) is 5.62. The van der Waals surface area contributed by atoms with Gasteiger partial charge in [0.05, 0.1) is 19.6 Å². The number of anilines is 1. The molecule has 0 bridgehead atoms. The van der Waals surface area contributed by atoms with Crippen LogP contribution in [0.5, 0.6) is 11.5 Å². The quantitative estimate of drug-likeness (QED) is 0.451. The van der Waals surface area contributed by atoms with Gasteiger partial charge in [0.25, 0.3) is 0 Å². The van der Waals surface area contributed by atoms with Crippen LogP contribution in [0.15, 0.2) is 43.1 Å². The first-order valence-corrected chi connectivity index (χ1v) is 11.3. The summed E-state index contributed by atoms with van der Waals surface area (Å²) in [5.74, 6) is 8.63. The van der Waals surface area contributed by atoms with Gasteiger partial charge in [0, 0.05) is 47.9 Å². The maximum atomic E-state index is 11.8. The molecular weight excluding hydrogens is 430 g/mol. The Hall–Kier alpha value is -3.99. The Balaban J connectivity index is 1.36. The fourth-order valence-electron chi connectivity index (χ4n) is 5.04. The van der Waals surface area contributed by atoms with Gasteiger partial charge in [0.15, 0.2) is 11.5 Å². The molecule has 1 atom stereocenters. The molecule has 2 N–H and O–H groups in total. The molecule has 1 saturated heterocycles. The van der Waals surface area contributed by atoms with Crippen LogP contribution in [-0.4, -0.2) is 59.3 Å². The van der Waals surface area contributed by atoms with Gasteiger partial charge in [-0.3, -0.25) is 9.89 Å². The summed E-state index contributed by atoms with van der Waals surface area (Å²) >= 11 is 0. The fraction of sp³-hybridized carbons (Fsp3) is 0.346. The van der Waals surface area contributed by atoms with Crippen molar-refractivity contribution in [3.8, 4) is 23.3 Å². The highest BCUT2D eigenvalue weighted by Crippen LogP contribution is 2.46. The number of hydrogen-bond acceptors (Lipinski definition) is 6. The molecule has 1 amide bonds. The number of carbonyl (C=O) groups is 1. The third-order valence-electron chi connectivity index (χ3n) is 6.74. The van der Waals surface area contributed by atoms with Crippen molar-refractivity contribution in [3.05, 3.63) is 54.2 Å². The van der Waals surface area contributed by atoms with E-state index < -0.39 is 0 Å². The van der Waals surface area contributed by atoms with Crippen molar-refractivity contribution >= 4 is 22.8 Å². The second-order valence-corrected chi connectivity index (χ2v) is 8.99. The van der Waals surface area contributed by atoms with Crippen LogP contribution in [0.25, 0.3) is 11.0 Å². The van der Waals surface area contributed by atoms with Crippen molar-refractivity contribution in [2.75, 3.05) is 32.6 Å². The molecule has 1 aliphatic heterocycles. The number of rotatable bonds is 5. The van der Waals surface area contributed by atoms with Crippen LogP contribution in [0.1, 0.15) is 30.4 Å². The summed E-state index contributed by atoms with van der Waals surface area (Å²) in [5.41, 5.74) is 2.52. The van der Waals surface area contributed by atoms with Gasteiger partial charge in [-0.15, -0.1) is 0 Å². The van der Waals surface area contributed by atoms with Crippen molar-refractivity contribution in [3.63, 3.8) is 0 Å². The number of nitrogens with zero attached hydrogens (tertiary/aromatic N) is 3. The number of amides is 1. The van der Waals surface area contributed by atoms with Crippen LogP contribution < -0.4 is 14.8 Å². The van der Waals surface area contributed by atoms with Crippen molar-refractivity contribution in [1.29, 1.82) is 0 Å². The van der Waals surface area contributed by atoms with Gasteiger partial charge < -0.3 is 19.7 Å². The minimum atomic E-state index is 0.0169. The first-order chi connectivity index (χ1) is 16.5. The molecular formula is C26H27N5O3. The van der Waals surface area contributed by atoms with E-state index >= 15 is 0 Å². The number of fused-ring (bicyclic) bond motifs is 1. The topological polar surface area (TPSA) is 92.4 Å². The maximum absolute atomic E-state index is 11.8. The highest BCUT2D eigenvalue weighted by Gasteiger charge is 2.49. The average Bonchev–Trinajstić information content (AvgIpc) is 3.46. The lowest BCUT2D eigenvalue weighted by Crippen LogP contribution is -2.57. The third-order valence-corrected chi connectivity index (χ3v) is 6.74. The average molecular weight is 458 g/mol. The second-order valence-electron chi connectivity index (χ2n) is 8.99. The van der Waals surface area contributed by atoms with Gasteiger partial charge in [-0.1, -0.05) is 18.4 Å². The molecule has 1 spiro atoms. The Bertz CT molecular complexity index is 1290. The van der Waals surface area contributed by atoms with Crippen LogP contribution in [0.4, 0.5) is 5.82 Å². The predicted molar refractivity (Wildman–Crippen MR) is 130 cm³/mol. The number of pyridine rings is 1. The van der Waals surface area contributed by atoms with E-state index in [9.17, 15) is 4.79 Å². The van der Waals surface area contributed by atoms with E-state index in [1.807, 2.05) is 29.2 Å². The fourth-order valence-corrected chi connectivity index (χ4v) is 5.04. The van der Waals surface area contributed by atoms with Crippen LogP contribution in [0, 0.1) is 17.3 Å². The zero-order valence-corrected chi connectivity index (χ0v) is 19.4. The number of likely N-dealkylation sites (tertiary alicyclic amines) is 1. The standard InChI is InChI=1S/C26H27N5O3/c1-4-22(32)31-15-26(16-31)9-7-19(14-26)28-25-23-18(8-10-27-24(23)29-30-25)6-5-17-11-20(33-2)13-21(12-17)34-3/h4,8,10-13,19H,1,7,9,14-16H2,2-3H3,(H2,27,28,29,30). The van der Waals surface area contributed by atoms with Crippen molar-refractivity contribution < 1.29 is 14.3 Å². The van der Waals surface area contributed by atoms with E-state index in [2.05, 4.69) is 38.9 Å². The van der Waals surface area contributed by atoms with Gasteiger partial charge in [0.1, 0.15) is 11.5 Å². The highest BCUT2D eigenvalue weighted by molar-refractivity contribution is 5.92. The Labute approximate surface area is 198 Å². The molecule has 1 saturated carbocycles. The summed E-state index contributed by atoms with van der Waals surface area (Å²) in [6.07, 6.45) is 6.26. The zero-order valence-electron chi connectivity index (χ0n) is 19.4. The van der Waals surface area contributed by atoms with Gasteiger partial charge in [-0.25, -0.2) is 4.98 Å². The molecule has 1 unspecified atom stereocenters. The van der Waals surface area contributed by atoms with Crippen LogP contribution in [0.3, 0.4) is 0 Å². The molecule has 2 aliphatic rings. The number of aromatic nitrogens is 3. The van der Waals surface area contributed by atoms with E-state index in [0.717, 1.165) is 54.7 Å². The SMILES string of the molecule is C=CC(=O)N1CC2(CCC(Nc3n[nH]c4nccc(C#Cc5cc(OC)cc(OC)c5)c34)C2)C1. The largest absolute Gasteiger partial charge is 0.497 e. The lowest BCUT2D eigenvalue weighted by Gasteiger charge is -2.48. The van der Waals surface area contributed by atoms with Crippen molar-refractivity contribution in [2.45, 2.75) is 25.3 Å². The van der Waals surface area contributed by atoms with Crippen molar-refractivity contribution in [1.82, 2.24) is 20.1 Å². The van der Waals surface area contributed by atoms with Crippen LogP contribution in [0.2, 0.25) is 0 Å². The molecule has 8 nitrogen and oxygen atoms in total. The second kappa shape index (κ2) is 8.75. The van der Waals surface area contributed by atoms with Gasteiger partial charge in [-0.05, 0) is 43.5 Å². The minimum Gasteiger partial charge on any atom is -0.497 e. The lowest BCUT2D eigenvalue weighted by atomic mass is 9.78. The first-order valence-electron chi connectivity index (χ1n) is 11.3. The number of benzene rings is 1. The van der Waals surface area contributed by atoms with Crippen LogP contribution >= 0.6 is 0 Å². The Morgan fingerprint density at radius 3 is 2.74 bits per heavy atom. The van der Waals surface area contributed by atoms with E-state index in [4.69, 9.17) is 9.47 Å². The third kappa shape index (κ3) is 4.05. The summed E-state index contributed by atoms with van der Waals surface area (Å²) in [6, 6.07) is 7.75. The number of H-pyrrole nitrogens is 1. The predicted octanol–water partition coefficient (Wildman–Crippen LogP) is 3.35. The number of ether oxygens (including phenoxy) is 2.